The summed E-state index contributed by atoms with van der Waals surface area (Å²) in [5.74, 6) is 1.79. The number of ether oxygens (including phenoxy) is 1. The number of hydrogen-bond donors (Lipinski definition) is 2. The summed E-state index contributed by atoms with van der Waals surface area (Å²) in [7, 11) is 0. The first-order valence-corrected chi connectivity index (χ1v) is 9.72. The Morgan fingerprint density at radius 2 is 1.72 bits per heavy atom. The van der Waals surface area contributed by atoms with E-state index in [1.807, 2.05) is 55.5 Å². The molecule has 0 aliphatic carbocycles. The molecule has 3 rings (SSSR count). The fourth-order valence-corrected chi connectivity index (χ4v) is 3.04. The number of nitrogens with zero attached hydrogens (tertiary/aromatic N) is 2. The van der Waals surface area contributed by atoms with Crippen molar-refractivity contribution in [3.8, 4) is 5.75 Å². The minimum atomic E-state index is -0.273. The average Bonchev–Trinajstić information content (AvgIpc) is 2.69. The number of aromatic nitrogens is 2. The molecule has 0 unspecified atom stereocenters. The lowest BCUT2D eigenvalue weighted by atomic mass is 10.0. The van der Waals surface area contributed by atoms with Crippen molar-refractivity contribution in [2.45, 2.75) is 33.6 Å². The number of nitrogens with one attached hydrogen (secondary N) is 2. The molecule has 1 heterocycles. The summed E-state index contributed by atoms with van der Waals surface area (Å²) in [5, 5.41) is 6.21. The van der Waals surface area contributed by atoms with Gasteiger partial charge >= 0.3 is 0 Å². The van der Waals surface area contributed by atoms with Crippen molar-refractivity contribution in [2.75, 3.05) is 17.2 Å². The van der Waals surface area contributed by atoms with Crippen LogP contribution >= 0.6 is 0 Å². The third-order valence-electron chi connectivity index (χ3n) is 4.35. The Balaban J connectivity index is 1.85. The van der Waals surface area contributed by atoms with Crippen LogP contribution in [0.5, 0.6) is 5.75 Å². The lowest BCUT2D eigenvalue weighted by Gasteiger charge is -2.14. The van der Waals surface area contributed by atoms with Gasteiger partial charge in [0.1, 0.15) is 23.1 Å². The average molecular weight is 390 g/mol. The Kier molecular flexibility index (Phi) is 6.44. The Morgan fingerprint density at radius 1 is 1.03 bits per heavy atom. The predicted molar refractivity (Wildman–Crippen MR) is 116 cm³/mol. The van der Waals surface area contributed by atoms with Crippen LogP contribution in [0.2, 0.25) is 0 Å². The fourth-order valence-electron chi connectivity index (χ4n) is 3.04. The molecule has 0 spiro atoms. The van der Waals surface area contributed by atoms with Gasteiger partial charge in [0.2, 0.25) is 0 Å². The van der Waals surface area contributed by atoms with Crippen molar-refractivity contribution < 1.29 is 9.53 Å². The van der Waals surface area contributed by atoms with Gasteiger partial charge in [-0.05, 0) is 43.5 Å². The van der Waals surface area contributed by atoms with Crippen molar-refractivity contribution in [2.24, 2.45) is 0 Å². The van der Waals surface area contributed by atoms with E-state index in [0.29, 0.717) is 29.9 Å². The van der Waals surface area contributed by atoms with E-state index in [1.54, 1.807) is 13.0 Å². The van der Waals surface area contributed by atoms with Crippen LogP contribution in [0, 0.1) is 6.92 Å². The van der Waals surface area contributed by atoms with Gasteiger partial charge in [-0.15, -0.1) is 0 Å². The van der Waals surface area contributed by atoms with E-state index >= 15 is 0 Å². The first kappa shape index (κ1) is 20.3. The molecular weight excluding hydrogens is 364 g/mol. The maximum absolute atomic E-state index is 12.9. The molecule has 0 atom stereocenters. The van der Waals surface area contributed by atoms with Gasteiger partial charge in [-0.3, -0.25) is 4.79 Å². The Morgan fingerprint density at radius 3 is 2.45 bits per heavy atom. The van der Waals surface area contributed by atoms with Crippen molar-refractivity contribution in [3.63, 3.8) is 0 Å². The van der Waals surface area contributed by atoms with Crippen LogP contribution in [-0.4, -0.2) is 22.5 Å². The van der Waals surface area contributed by atoms with Gasteiger partial charge in [0, 0.05) is 11.8 Å². The molecule has 29 heavy (non-hydrogen) atoms. The minimum Gasteiger partial charge on any atom is -0.492 e. The van der Waals surface area contributed by atoms with E-state index in [9.17, 15) is 4.79 Å². The van der Waals surface area contributed by atoms with Gasteiger partial charge < -0.3 is 15.4 Å². The lowest BCUT2D eigenvalue weighted by molar-refractivity contribution is 0.102. The van der Waals surface area contributed by atoms with Gasteiger partial charge in [0.25, 0.3) is 5.91 Å². The number of carbonyl (C=O) groups excluding carboxylic acids is 1. The normalized spacial score (nSPS) is 10.7. The Hall–Kier alpha value is -3.41. The van der Waals surface area contributed by atoms with Gasteiger partial charge in [-0.1, -0.05) is 44.2 Å². The van der Waals surface area contributed by atoms with Crippen LogP contribution < -0.4 is 15.4 Å². The van der Waals surface area contributed by atoms with Crippen LogP contribution in [-0.2, 0) is 0 Å². The Labute approximate surface area is 171 Å². The second-order valence-corrected chi connectivity index (χ2v) is 6.94. The molecule has 1 amide bonds. The highest BCUT2D eigenvalue weighted by atomic mass is 16.5. The number of carbonyl (C=O) groups is 1. The molecule has 2 N–H and O–H groups in total. The molecule has 0 aliphatic rings. The summed E-state index contributed by atoms with van der Waals surface area (Å²) in [6.07, 6.45) is 0. The summed E-state index contributed by atoms with van der Waals surface area (Å²) in [6, 6.07) is 17.0. The molecule has 150 valence electrons. The maximum atomic E-state index is 12.9. The number of anilines is 3. The zero-order valence-electron chi connectivity index (χ0n) is 17.2. The molecular formula is C23H26N4O2. The minimum absolute atomic E-state index is 0.273. The van der Waals surface area contributed by atoms with E-state index in [-0.39, 0.29) is 5.91 Å². The molecule has 6 nitrogen and oxygen atoms in total. The van der Waals surface area contributed by atoms with Gasteiger partial charge in [0.15, 0.2) is 0 Å². The molecule has 1 aromatic heterocycles. The van der Waals surface area contributed by atoms with Crippen LogP contribution in [0.4, 0.5) is 17.2 Å². The van der Waals surface area contributed by atoms with Crippen molar-refractivity contribution in [1.29, 1.82) is 0 Å². The zero-order valence-corrected chi connectivity index (χ0v) is 17.2. The highest BCUT2D eigenvalue weighted by Gasteiger charge is 2.14. The van der Waals surface area contributed by atoms with Crippen molar-refractivity contribution >= 4 is 23.1 Å². The van der Waals surface area contributed by atoms with Crippen LogP contribution in [0.1, 0.15) is 48.6 Å². The largest absolute Gasteiger partial charge is 0.492 e. The predicted octanol–water partition coefficient (Wildman–Crippen LogP) is 5.30. The van der Waals surface area contributed by atoms with E-state index in [0.717, 1.165) is 22.7 Å². The van der Waals surface area contributed by atoms with Crippen molar-refractivity contribution in [3.05, 3.63) is 71.7 Å². The molecule has 0 radical (unpaired) electrons. The van der Waals surface area contributed by atoms with Gasteiger partial charge in [-0.25, -0.2) is 9.97 Å². The monoisotopic (exact) mass is 390 g/mol. The standard InChI is InChI=1S/C23H26N4O2/c1-5-29-21-13-9-8-12-19(21)26-22-14-20(24-16(4)25-22)23(28)27-18-11-7-6-10-17(18)15(2)3/h6-15H,5H2,1-4H3,(H,27,28)(H,24,25,26). The first-order chi connectivity index (χ1) is 14.0. The number of aryl methyl sites for hydroxylation is 1. The summed E-state index contributed by atoms with van der Waals surface area (Å²) >= 11 is 0. The molecule has 6 heteroatoms. The summed E-state index contributed by atoms with van der Waals surface area (Å²) in [6.45, 7) is 8.45. The van der Waals surface area contributed by atoms with Crippen LogP contribution in [0.3, 0.4) is 0 Å². The number of hydrogen-bond acceptors (Lipinski definition) is 5. The van der Waals surface area contributed by atoms with Crippen LogP contribution in [0.25, 0.3) is 0 Å². The topological polar surface area (TPSA) is 76.1 Å². The first-order valence-electron chi connectivity index (χ1n) is 9.72. The van der Waals surface area contributed by atoms with E-state index in [2.05, 4.69) is 34.4 Å². The van der Waals surface area contributed by atoms with Crippen molar-refractivity contribution in [1.82, 2.24) is 9.97 Å². The number of rotatable bonds is 7. The molecule has 0 aliphatic heterocycles. The molecule has 0 fully saturated rings. The maximum Gasteiger partial charge on any atom is 0.274 e. The van der Waals surface area contributed by atoms with Crippen LogP contribution in [0.15, 0.2) is 54.6 Å². The highest BCUT2D eigenvalue weighted by molar-refractivity contribution is 6.03. The highest BCUT2D eigenvalue weighted by Crippen LogP contribution is 2.27. The second-order valence-electron chi connectivity index (χ2n) is 6.94. The summed E-state index contributed by atoms with van der Waals surface area (Å²) in [4.78, 5) is 21.6. The van der Waals surface area contributed by atoms with E-state index < -0.39 is 0 Å². The van der Waals surface area contributed by atoms with Gasteiger partial charge in [-0.2, -0.15) is 0 Å². The molecule has 3 aromatic rings. The number of benzene rings is 2. The molecule has 2 aromatic carbocycles. The summed E-state index contributed by atoms with van der Waals surface area (Å²) < 4.78 is 5.65. The lowest BCUT2D eigenvalue weighted by Crippen LogP contribution is -2.16. The molecule has 0 bridgehead atoms. The fraction of sp³-hybridized carbons (Fsp3) is 0.261. The molecule has 0 saturated carbocycles. The quantitative estimate of drug-likeness (QED) is 0.572. The number of para-hydroxylation sites is 3. The molecule has 0 saturated heterocycles. The number of amides is 1. The van der Waals surface area contributed by atoms with E-state index in [4.69, 9.17) is 4.74 Å². The zero-order chi connectivity index (χ0) is 20.8. The second kappa shape index (κ2) is 9.19. The van der Waals surface area contributed by atoms with E-state index in [1.165, 1.54) is 0 Å². The summed E-state index contributed by atoms with van der Waals surface area (Å²) in [5.41, 5.74) is 2.95. The third kappa shape index (κ3) is 5.10. The Bertz CT molecular complexity index is 1000. The smallest absolute Gasteiger partial charge is 0.274 e. The van der Waals surface area contributed by atoms with Gasteiger partial charge in [0.05, 0.1) is 12.3 Å². The SMILES string of the molecule is CCOc1ccccc1Nc1cc(C(=O)Nc2ccccc2C(C)C)nc(C)n1. The third-order valence-corrected chi connectivity index (χ3v) is 4.35.